The summed E-state index contributed by atoms with van der Waals surface area (Å²) in [5, 5.41) is 4.08. The van der Waals surface area contributed by atoms with Crippen LogP contribution in [0.4, 0.5) is 0 Å². The summed E-state index contributed by atoms with van der Waals surface area (Å²) in [6, 6.07) is 12.2. The van der Waals surface area contributed by atoms with E-state index in [0.717, 1.165) is 36.9 Å². The van der Waals surface area contributed by atoms with E-state index in [9.17, 15) is 0 Å². The van der Waals surface area contributed by atoms with Gasteiger partial charge in [-0.3, -0.25) is 9.88 Å². The van der Waals surface area contributed by atoms with Crippen molar-refractivity contribution in [2.45, 2.75) is 26.6 Å². The lowest BCUT2D eigenvalue weighted by Crippen LogP contribution is -2.18. The normalized spacial score (nSPS) is 11.0. The molecule has 4 heteroatoms. The molecule has 0 fully saturated rings. The Morgan fingerprint density at radius 3 is 2.38 bits per heavy atom. The Hall–Kier alpha value is -1.42. The molecule has 0 aliphatic carbocycles. The van der Waals surface area contributed by atoms with Crippen LogP contribution in [0, 0.1) is 0 Å². The summed E-state index contributed by atoms with van der Waals surface area (Å²) in [6.07, 6.45) is 1.95. The van der Waals surface area contributed by atoms with Crippen molar-refractivity contribution in [3.63, 3.8) is 0 Å². The molecule has 0 saturated carbocycles. The zero-order valence-corrected chi connectivity index (χ0v) is 13.4. The molecule has 1 aromatic carbocycles. The lowest BCUT2D eigenvalue weighted by Gasteiger charge is -2.16. The molecule has 0 bridgehead atoms. The predicted octanol–water partition coefficient (Wildman–Crippen LogP) is 3.48. The lowest BCUT2D eigenvalue weighted by atomic mass is 10.2. The number of rotatable bonds is 7. The molecule has 3 nitrogen and oxygen atoms in total. The zero-order chi connectivity index (χ0) is 15.1. The van der Waals surface area contributed by atoms with Gasteiger partial charge in [0.05, 0.1) is 5.69 Å². The van der Waals surface area contributed by atoms with Crippen LogP contribution in [0.15, 0.2) is 42.6 Å². The lowest BCUT2D eigenvalue weighted by molar-refractivity contribution is 0.315. The second-order valence-electron chi connectivity index (χ2n) is 5.24. The Morgan fingerprint density at radius 2 is 1.76 bits per heavy atom. The van der Waals surface area contributed by atoms with Gasteiger partial charge in [0, 0.05) is 30.9 Å². The van der Waals surface area contributed by atoms with Crippen molar-refractivity contribution in [2.75, 3.05) is 13.6 Å². The summed E-state index contributed by atoms with van der Waals surface area (Å²) in [5.74, 6) is 0. The van der Waals surface area contributed by atoms with Crippen molar-refractivity contribution in [3.05, 3.63) is 64.4 Å². The van der Waals surface area contributed by atoms with E-state index in [4.69, 9.17) is 11.6 Å². The zero-order valence-electron chi connectivity index (χ0n) is 12.6. The Kier molecular flexibility index (Phi) is 6.18. The molecule has 21 heavy (non-hydrogen) atoms. The molecule has 0 spiro atoms. The fraction of sp³-hybridized carbons (Fsp3) is 0.353. The van der Waals surface area contributed by atoms with Gasteiger partial charge in [-0.05, 0) is 42.9 Å². The summed E-state index contributed by atoms with van der Waals surface area (Å²) in [6.45, 7) is 5.69. The minimum Gasteiger partial charge on any atom is -0.313 e. The average Bonchev–Trinajstić information content (AvgIpc) is 2.49. The number of nitrogens with zero attached hydrogens (tertiary/aromatic N) is 2. The first-order valence-electron chi connectivity index (χ1n) is 7.25. The highest BCUT2D eigenvalue weighted by molar-refractivity contribution is 6.30. The van der Waals surface area contributed by atoms with Crippen molar-refractivity contribution in [2.24, 2.45) is 0 Å². The van der Waals surface area contributed by atoms with Gasteiger partial charge >= 0.3 is 0 Å². The number of halogens is 1. The second kappa shape index (κ2) is 8.13. The van der Waals surface area contributed by atoms with Gasteiger partial charge in [0.25, 0.3) is 0 Å². The summed E-state index contributed by atoms with van der Waals surface area (Å²) in [5.41, 5.74) is 3.57. The molecule has 0 aliphatic heterocycles. The molecule has 0 unspecified atom stereocenters. The fourth-order valence-corrected chi connectivity index (χ4v) is 2.28. The van der Waals surface area contributed by atoms with Crippen molar-refractivity contribution < 1.29 is 0 Å². The molecule has 112 valence electrons. The van der Waals surface area contributed by atoms with Crippen molar-refractivity contribution >= 4 is 11.6 Å². The van der Waals surface area contributed by atoms with Crippen LogP contribution in [0.25, 0.3) is 0 Å². The fourth-order valence-electron chi connectivity index (χ4n) is 2.16. The van der Waals surface area contributed by atoms with Crippen LogP contribution in [0.2, 0.25) is 5.02 Å². The Balaban J connectivity index is 1.87. The quantitative estimate of drug-likeness (QED) is 0.849. The first-order valence-corrected chi connectivity index (χ1v) is 7.62. The minimum atomic E-state index is 0.777. The maximum atomic E-state index is 5.90. The first kappa shape index (κ1) is 16.0. The second-order valence-corrected chi connectivity index (χ2v) is 5.67. The standard InChI is InChI=1S/C17H22ClN3/c1-3-19-10-15-6-9-17(20-11-15)13-21(2)12-14-4-7-16(18)8-5-14/h4-9,11,19H,3,10,12-13H2,1-2H3. The SMILES string of the molecule is CCNCc1ccc(CN(C)Cc2ccc(Cl)cc2)nc1. The Morgan fingerprint density at radius 1 is 1.05 bits per heavy atom. The number of hydrogen-bond acceptors (Lipinski definition) is 3. The molecule has 0 radical (unpaired) electrons. The third-order valence-electron chi connectivity index (χ3n) is 3.26. The summed E-state index contributed by atoms with van der Waals surface area (Å²) in [4.78, 5) is 6.77. The van der Waals surface area contributed by atoms with E-state index in [0.29, 0.717) is 0 Å². The molecule has 0 atom stereocenters. The average molecular weight is 304 g/mol. The first-order chi connectivity index (χ1) is 10.2. The maximum absolute atomic E-state index is 5.90. The predicted molar refractivity (Wildman–Crippen MR) is 88.2 cm³/mol. The molecule has 1 heterocycles. The van der Waals surface area contributed by atoms with E-state index >= 15 is 0 Å². The molecule has 2 rings (SSSR count). The highest BCUT2D eigenvalue weighted by atomic mass is 35.5. The summed E-state index contributed by atoms with van der Waals surface area (Å²) in [7, 11) is 2.10. The van der Waals surface area contributed by atoms with Crippen LogP contribution in [0.3, 0.4) is 0 Å². The van der Waals surface area contributed by atoms with E-state index in [1.54, 1.807) is 0 Å². The van der Waals surface area contributed by atoms with E-state index < -0.39 is 0 Å². The van der Waals surface area contributed by atoms with Gasteiger partial charge in [-0.1, -0.05) is 36.7 Å². The van der Waals surface area contributed by atoms with Crippen molar-refractivity contribution in [1.29, 1.82) is 0 Å². The van der Waals surface area contributed by atoms with E-state index in [1.807, 2.05) is 18.3 Å². The van der Waals surface area contributed by atoms with Crippen LogP contribution in [-0.4, -0.2) is 23.5 Å². The number of aromatic nitrogens is 1. The van der Waals surface area contributed by atoms with Crippen molar-refractivity contribution in [1.82, 2.24) is 15.2 Å². The minimum absolute atomic E-state index is 0.777. The van der Waals surface area contributed by atoms with E-state index in [1.165, 1.54) is 11.1 Å². The Labute approximate surface area is 132 Å². The molecule has 1 N–H and O–H groups in total. The third kappa shape index (κ3) is 5.46. The molecule has 0 aliphatic rings. The molecule has 0 amide bonds. The number of benzene rings is 1. The largest absolute Gasteiger partial charge is 0.313 e. The molecular formula is C17H22ClN3. The van der Waals surface area contributed by atoms with Gasteiger partial charge < -0.3 is 5.32 Å². The smallest absolute Gasteiger partial charge is 0.0544 e. The van der Waals surface area contributed by atoms with Crippen LogP contribution < -0.4 is 5.32 Å². The van der Waals surface area contributed by atoms with Gasteiger partial charge in [-0.2, -0.15) is 0 Å². The summed E-state index contributed by atoms with van der Waals surface area (Å²) < 4.78 is 0. The van der Waals surface area contributed by atoms with E-state index in [2.05, 4.69) is 53.4 Å². The number of nitrogens with one attached hydrogen (secondary N) is 1. The Bertz CT molecular complexity index is 537. The van der Waals surface area contributed by atoms with Crippen LogP contribution in [0.5, 0.6) is 0 Å². The number of hydrogen-bond donors (Lipinski definition) is 1. The van der Waals surface area contributed by atoms with Crippen LogP contribution >= 0.6 is 11.6 Å². The van der Waals surface area contributed by atoms with Gasteiger partial charge in [0.1, 0.15) is 0 Å². The third-order valence-corrected chi connectivity index (χ3v) is 3.51. The van der Waals surface area contributed by atoms with Crippen LogP contribution in [0.1, 0.15) is 23.7 Å². The maximum Gasteiger partial charge on any atom is 0.0544 e. The highest BCUT2D eigenvalue weighted by Crippen LogP contribution is 2.12. The monoisotopic (exact) mass is 303 g/mol. The highest BCUT2D eigenvalue weighted by Gasteiger charge is 2.03. The topological polar surface area (TPSA) is 28.2 Å². The molecule has 2 aromatic rings. The van der Waals surface area contributed by atoms with E-state index in [-0.39, 0.29) is 0 Å². The van der Waals surface area contributed by atoms with Crippen LogP contribution in [-0.2, 0) is 19.6 Å². The summed E-state index contributed by atoms with van der Waals surface area (Å²) >= 11 is 5.90. The van der Waals surface area contributed by atoms with Crippen molar-refractivity contribution in [3.8, 4) is 0 Å². The van der Waals surface area contributed by atoms with Gasteiger partial charge in [-0.15, -0.1) is 0 Å². The van der Waals surface area contributed by atoms with Gasteiger partial charge in [-0.25, -0.2) is 0 Å². The van der Waals surface area contributed by atoms with Gasteiger partial charge in [0.15, 0.2) is 0 Å². The number of pyridine rings is 1. The molecule has 1 aromatic heterocycles. The molecule has 0 saturated heterocycles. The van der Waals surface area contributed by atoms with Gasteiger partial charge in [0.2, 0.25) is 0 Å². The molecular weight excluding hydrogens is 282 g/mol.